The van der Waals surface area contributed by atoms with Gasteiger partial charge in [-0.15, -0.1) is 0 Å². The van der Waals surface area contributed by atoms with Gasteiger partial charge >= 0.3 is 5.63 Å². The van der Waals surface area contributed by atoms with E-state index < -0.39 is 10.5 Å². The maximum Gasteiger partial charge on any atom is 0.348 e. The number of nitrogens with zero attached hydrogens (tertiary/aromatic N) is 3. The van der Waals surface area contributed by atoms with Gasteiger partial charge in [0, 0.05) is 18.3 Å². The Hall–Kier alpha value is -3.59. The summed E-state index contributed by atoms with van der Waals surface area (Å²) in [6, 6.07) is 10.9. The van der Waals surface area contributed by atoms with Crippen LogP contribution in [-0.2, 0) is 0 Å². The van der Waals surface area contributed by atoms with Crippen LogP contribution in [0.25, 0.3) is 21.2 Å². The number of thiazole rings is 1. The Morgan fingerprint density at radius 1 is 1.27 bits per heavy atom. The number of aliphatic imine (C=N–C) groups is 1. The van der Waals surface area contributed by atoms with Gasteiger partial charge in [-0.3, -0.25) is 10.1 Å². The Bertz CT molecular complexity index is 1260. The van der Waals surface area contributed by atoms with Crippen molar-refractivity contribution in [1.82, 2.24) is 4.98 Å². The predicted octanol–water partition coefficient (Wildman–Crippen LogP) is 3.77. The van der Waals surface area contributed by atoms with Crippen LogP contribution in [0.15, 0.2) is 56.7 Å². The number of benzene rings is 2. The fraction of sp³-hybridized carbons (Fsp3) is 0. The zero-order chi connectivity index (χ0) is 18.3. The number of para-hydroxylation sites is 1. The van der Waals surface area contributed by atoms with Crippen molar-refractivity contribution in [3.05, 3.63) is 68.6 Å². The molecule has 4 aromatic rings. The van der Waals surface area contributed by atoms with Crippen molar-refractivity contribution in [2.75, 3.05) is 0 Å². The average Bonchev–Trinajstić information content (AvgIpc) is 3.03. The molecule has 0 fully saturated rings. The molecular weight excluding hydrogens is 358 g/mol. The first-order valence-corrected chi connectivity index (χ1v) is 8.18. The normalized spacial score (nSPS) is 11.5. The Morgan fingerprint density at radius 3 is 2.88 bits per heavy atom. The van der Waals surface area contributed by atoms with E-state index in [2.05, 4.69) is 9.98 Å². The number of aromatic hydroxyl groups is 1. The Balaban J connectivity index is 1.76. The average molecular weight is 367 g/mol. The summed E-state index contributed by atoms with van der Waals surface area (Å²) >= 11 is 1.14. The summed E-state index contributed by atoms with van der Waals surface area (Å²) in [5.41, 5.74) is -0.0119. The highest BCUT2D eigenvalue weighted by atomic mass is 32.1. The molecule has 2 aromatic heterocycles. The quantitative estimate of drug-likeness (QED) is 0.255. The topological polar surface area (TPSA) is 119 Å². The van der Waals surface area contributed by atoms with Crippen molar-refractivity contribution in [2.24, 2.45) is 4.99 Å². The fourth-order valence-electron chi connectivity index (χ4n) is 2.45. The number of non-ortho nitro benzene ring substituents is 1. The minimum atomic E-state index is -0.721. The van der Waals surface area contributed by atoms with Crippen LogP contribution < -0.4 is 5.63 Å². The van der Waals surface area contributed by atoms with Gasteiger partial charge in [-0.2, -0.15) is 0 Å². The van der Waals surface area contributed by atoms with Gasteiger partial charge in [0.25, 0.3) is 5.69 Å². The summed E-state index contributed by atoms with van der Waals surface area (Å²) in [5, 5.41) is 21.8. The first-order valence-electron chi connectivity index (χ1n) is 7.37. The summed E-state index contributed by atoms with van der Waals surface area (Å²) in [5.74, 6) is -0.225. The van der Waals surface area contributed by atoms with Gasteiger partial charge < -0.3 is 9.52 Å². The fourth-order valence-corrected chi connectivity index (χ4v) is 3.30. The summed E-state index contributed by atoms with van der Waals surface area (Å²) in [7, 11) is 0. The van der Waals surface area contributed by atoms with Crippen LogP contribution in [0.2, 0.25) is 0 Å². The highest BCUT2D eigenvalue weighted by Gasteiger charge is 2.13. The molecule has 0 aliphatic carbocycles. The van der Waals surface area contributed by atoms with Gasteiger partial charge in [-0.05, 0) is 18.2 Å². The molecule has 0 saturated carbocycles. The second-order valence-corrected chi connectivity index (χ2v) is 6.32. The first-order chi connectivity index (χ1) is 12.5. The molecule has 9 heteroatoms. The van der Waals surface area contributed by atoms with Crippen LogP contribution in [0.1, 0.15) is 5.56 Å². The van der Waals surface area contributed by atoms with Crippen molar-refractivity contribution in [3.8, 4) is 5.75 Å². The molecule has 2 heterocycles. The molecule has 0 aliphatic rings. The zero-order valence-corrected chi connectivity index (χ0v) is 13.8. The van der Waals surface area contributed by atoms with E-state index in [0.29, 0.717) is 20.7 Å². The zero-order valence-electron chi connectivity index (χ0n) is 12.9. The molecule has 0 aliphatic heterocycles. The van der Waals surface area contributed by atoms with Crippen molar-refractivity contribution >= 4 is 49.6 Å². The lowest BCUT2D eigenvalue weighted by molar-refractivity contribution is -0.384. The molecule has 0 bridgehead atoms. The molecule has 26 heavy (non-hydrogen) atoms. The van der Waals surface area contributed by atoms with E-state index in [1.807, 2.05) is 0 Å². The molecule has 4 rings (SSSR count). The Morgan fingerprint density at radius 2 is 2.08 bits per heavy atom. The molecular formula is C17H9N3O5S. The van der Waals surface area contributed by atoms with Gasteiger partial charge in [-0.25, -0.2) is 14.8 Å². The predicted molar refractivity (Wildman–Crippen MR) is 97.7 cm³/mol. The van der Waals surface area contributed by atoms with Crippen LogP contribution in [0.3, 0.4) is 0 Å². The lowest BCUT2D eigenvalue weighted by Gasteiger charge is -2.01. The molecule has 8 nitrogen and oxygen atoms in total. The van der Waals surface area contributed by atoms with Gasteiger partial charge in [-0.1, -0.05) is 23.5 Å². The number of hydrogen-bond acceptors (Lipinski definition) is 8. The van der Waals surface area contributed by atoms with Gasteiger partial charge in [0.15, 0.2) is 0 Å². The van der Waals surface area contributed by atoms with Crippen LogP contribution in [0.4, 0.5) is 10.8 Å². The van der Waals surface area contributed by atoms with E-state index in [0.717, 1.165) is 11.3 Å². The van der Waals surface area contributed by atoms with Gasteiger partial charge in [0.1, 0.15) is 16.9 Å². The molecule has 1 N–H and O–H groups in total. The minimum Gasteiger partial charge on any atom is -0.506 e. The molecule has 128 valence electrons. The molecule has 2 aromatic carbocycles. The third-order valence-electron chi connectivity index (χ3n) is 3.70. The van der Waals surface area contributed by atoms with E-state index in [-0.39, 0.29) is 22.6 Å². The highest BCUT2D eigenvalue weighted by molar-refractivity contribution is 7.22. The third-order valence-corrected chi connectivity index (χ3v) is 4.62. The van der Waals surface area contributed by atoms with E-state index in [1.54, 1.807) is 24.3 Å². The Kier molecular flexibility index (Phi) is 3.70. The molecule has 0 amide bonds. The monoisotopic (exact) mass is 367 g/mol. The van der Waals surface area contributed by atoms with Crippen LogP contribution >= 0.6 is 11.3 Å². The summed E-state index contributed by atoms with van der Waals surface area (Å²) in [6.07, 6.45) is 1.18. The van der Waals surface area contributed by atoms with Crippen LogP contribution in [0.5, 0.6) is 5.75 Å². The molecule has 0 unspecified atom stereocenters. The highest BCUT2D eigenvalue weighted by Crippen LogP contribution is 2.31. The number of hydrogen-bond donors (Lipinski definition) is 1. The largest absolute Gasteiger partial charge is 0.506 e. The molecule has 0 spiro atoms. The molecule has 0 saturated heterocycles. The summed E-state index contributed by atoms with van der Waals surface area (Å²) < 4.78 is 5.76. The maximum atomic E-state index is 12.1. The minimum absolute atomic E-state index is 0.0375. The molecule has 0 atom stereocenters. The van der Waals surface area contributed by atoms with E-state index in [9.17, 15) is 20.0 Å². The van der Waals surface area contributed by atoms with Crippen molar-refractivity contribution in [3.63, 3.8) is 0 Å². The van der Waals surface area contributed by atoms with Gasteiger partial charge in [0.05, 0.1) is 20.5 Å². The van der Waals surface area contributed by atoms with Crippen molar-refractivity contribution < 1.29 is 14.4 Å². The van der Waals surface area contributed by atoms with Crippen LogP contribution in [0, 0.1) is 10.1 Å². The van der Waals surface area contributed by atoms with Crippen molar-refractivity contribution in [2.45, 2.75) is 0 Å². The number of nitro benzene ring substituents is 1. The SMILES string of the molecule is O=c1oc2ccccc2c(O)c1C=Nc1nc2ccc([N+](=O)[O-])cc2s1. The second-order valence-electron chi connectivity index (χ2n) is 5.31. The van der Waals surface area contributed by atoms with Crippen LogP contribution in [-0.4, -0.2) is 21.2 Å². The number of nitro groups is 1. The number of aromatic nitrogens is 1. The van der Waals surface area contributed by atoms with E-state index in [4.69, 9.17) is 4.42 Å². The standard InChI is InChI=1S/C17H9N3O5S/c21-15-10-3-1-2-4-13(10)25-16(22)11(15)8-18-17-19-12-6-5-9(20(23)24)7-14(12)26-17/h1-8,21H. The van der Waals surface area contributed by atoms with Crippen molar-refractivity contribution in [1.29, 1.82) is 0 Å². The summed E-state index contributed by atoms with van der Waals surface area (Å²) in [4.78, 5) is 30.7. The summed E-state index contributed by atoms with van der Waals surface area (Å²) in [6.45, 7) is 0. The first kappa shape index (κ1) is 15.9. The smallest absolute Gasteiger partial charge is 0.348 e. The number of fused-ring (bicyclic) bond motifs is 2. The lowest BCUT2D eigenvalue weighted by atomic mass is 10.1. The molecule has 0 radical (unpaired) electrons. The maximum absolute atomic E-state index is 12.1. The van der Waals surface area contributed by atoms with E-state index in [1.165, 1.54) is 24.4 Å². The van der Waals surface area contributed by atoms with Gasteiger partial charge in [0.2, 0.25) is 5.13 Å². The van der Waals surface area contributed by atoms with E-state index >= 15 is 0 Å². The second kappa shape index (κ2) is 6.05. The Labute approximate surface area is 148 Å². The third kappa shape index (κ3) is 2.70. The number of rotatable bonds is 3. The lowest BCUT2D eigenvalue weighted by Crippen LogP contribution is -2.06.